The van der Waals surface area contributed by atoms with Crippen LogP contribution in [-0.4, -0.2) is 20.2 Å². The van der Waals surface area contributed by atoms with Crippen LogP contribution in [-0.2, 0) is 6.61 Å². The highest BCUT2D eigenvalue weighted by molar-refractivity contribution is 6.35. The van der Waals surface area contributed by atoms with Gasteiger partial charge in [-0.15, -0.1) is 0 Å². The number of methoxy groups -OCH3 is 2. The van der Waals surface area contributed by atoms with E-state index in [1.165, 1.54) is 26.4 Å². The largest absolute Gasteiger partial charge is 0.495 e. The molecule has 4 aromatic rings. The molecule has 218 valence electrons. The minimum Gasteiger partial charge on any atom is -0.495 e. The summed E-state index contributed by atoms with van der Waals surface area (Å²) in [6, 6.07) is 22.1. The molecule has 4 aromatic carbocycles. The van der Waals surface area contributed by atoms with Crippen LogP contribution in [0.4, 0.5) is 0 Å². The smallest absolute Gasteiger partial charge is 0.343 e. The summed E-state index contributed by atoms with van der Waals surface area (Å²) in [6.45, 7) is 0.187. The van der Waals surface area contributed by atoms with Gasteiger partial charge in [-0.2, -0.15) is 5.26 Å². The Morgan fingerprint density at radius 1 is 0.907 bits per heavy atom. The maximum Gasteiger partial charge on any atom is 0.343 e. The molecule has 0 spiro atoms. The van der Waals surface area contributed by atoms with E-state index < -0.39 is 11.9 Å². The average molecular weight is 638 g/mol. The third-order valence-electron chi connectivity index (χ3n) is 6.71. The number of ether oxygens (including phenoxy) is 5. The van der Waals surface area contributed by atoms with E-state index in [1.807, 2.05) is 6.07 Å². The minimum absolute atomic E-state index is 0.0675. The number of hydrogen-bond donors (Lipinski definition) is 1. The molecule has 0 aliphatic carbocycles. The summed E-state index contributed by atoms with van der Waals surface area (Å²) in [6.07, 6.45) is 0. The van der Waals surface area contributed by atoms with Gasteiger partial charge in [-0.3, -0.25) is 0 Å². The highest BCUT2D eigenvalue weighted by Crippen LogP contribution is 2.45. The first kappa shape index (κ1) is 29.9. The quantitative estimate of drug-likeness (QED) is 0.155. The predicted octanol–water partition coefficient (Wildman–Crippen LogP) is 7.68. The van der Waals surface area contributed by atoms with Crippen molar-refractivity contribution in [3.63, 3.8) is 0 Å². The highest BCUT2D eigenvalue weighted by atomic mass is 35.5. The zero-order valence-corrected chi connectivity index (χ0v) is 25.1. The van der Waals surface area contributed by atoms with Gasteiger partial charge in [0.25, 0.3) is 0 Å². The molecule has 0 saturated heterocycles. The molecule has 1 unspecified atom stereocenters. The number of fused-ring (bicyclic) bond motifs is 1. The van der Waals surface area contributed by atoms with Crippen LogP contribution in [0.25, 0.3) is 0 Å². The number of esters is 1. The van der Waals surface area contributed by atoms with E-state index in [2.05, 4.69) is 6.07 Å². The monoisotopic (exact) mass is 636 g/mol. The first-order chi connectivity index (χ1) is 20.7. The maximum atomic E-state index is 12.8. The molecule has 1 aliphatic heterocycles. The van der Waals surface area contributed by atoms with Crippen molar-refractivity contribution >= 4 is 40.8 Å². The van der Waals surface area contributed by atoms with E-state index in [4.69, 9.17) is 64.2 Å². The van der Waals surface area contributed by atoms with Crippen LogP contribution >= 0.6 is 34.8 Å². The molecule has 0 radical (unpaired) electrons. The number of nitrogens with zero attached hydrogens (tertiary/aromatic N) is 1. The van der Waals surface area contributed by atoms with Gasteiger partial charge in [0, 0.05) is 27.2 Å². The van der Waals surface area contributed by atoms with Gasteiger partial charge in [-0.05, 0) is 54.1 Å². The van der Waals surface area contributed by atoms with E-state index >= 15 is 0 Å². The second kappa shape index (κ2) is 12.8. The van der Waals surface area contributed by atoms with Gasteiger partial charge < -0.3 is 29.4 Å². The molecule has 1 atom stereocenters. The minimum atomic E-state index is -0.627. The summed E-state index contributed by atoms with van der Waals surface area (Å²) >= 11 is 18.4. The first-order valence-corrected chi connectivity index (χ1v) is 13.9. The zero-order valence-electron chi connectivity index (χ0n) is 22.8. The standard InChI is InChI=1S/C32H23Cl3N2O6/c1-39-26-9-5-18(11-25(26)35)32(38)42-21-7-8-22-28(14-21)43-31(37)23(15-36)30(22)17-4-10-27(29(12-17)40-2)41-16-19-3-6-20(33)13-24(19)34/h3-14,30H,16,37H2,1-2H3. The number of nitriles is 1. The number of benzene rings is 4. The van der Waals surface area contributed by atoms with Crippen LogP contribution in [0.5, 0.6) is 28.7 Å². The molecule has 0 saturated carbocycles. The average Bonchev–Trinajstić information content (AvgIpc) is 2.99. The van der Waals surface area contributed by atoms with Crippen LogP contribution in [0.2, 0.25) is 15.1 Å². The van der Waals surface area contributed by atoms with Crippen molar-refractivity contribution in [3.05, 3.63) is 122 Å². The molecule has 1 heterocycles. The third-order valence-corrected chi connectivity index (χ3v) is 7.59. The number of halogens is 3. The van der Waals surface area contributed by atoms with Crippen LogP contribution < -0.4 is 29.4 Å². The summed E-state index contributed by atoms with van der Waals surface area (Å²) in [5, 5.41) is 11.3. The molecule has 43 heavy (non-hydrogen) atoms. The topological polar surface area (TPSA) is 113 Å². The Morgan fingerprint density at radius 3 is 2.37 bits per heavy atom. The number of allylic oxidation sites excluding steroid dienone is 1. The molecule has 2 N–H and O–H groups in total. The first-order valence-electron chi connectivity index (χ1n) is 12.7. The lowest BCUT2D eigenvalue weighted by atomic mass is 9.83. The highest BCUT2D eigenvalue weighted by Gasteiger charge is 2.32. The fraction of sp³-hybridized carbons (Fsp3) is 0.125. The van der Waals surface area contributed by atoms with E-state index in [1.54, 1.807) is 54.6 Å². The zero-order chi connectivity index (χ0) is 30.7. The summed E-state index contributed by atoms with van der Waals surface area (Å²) < 4.78 is 28.1. The van der Waals surface area contributed by atoms with Gasteiger partial charge in [0.2, 0.25) is 5.88 Å². The van der Waals surface area contributed by atoms with E-state index in [9.17, 15) is 10.1 Å². The van der Waals surface area contributed by atoms with E-state index in [0.717, 1.165) is 5.56 Å². The fourth-order valence-corrected chi connectivity index (χ4v) is 5.30. The van der Waals surface area contributed by atoms with Crippen LogP contribution in [0.1, 0.15) is 33.0 Å². The lowest BCUT2D eigenvalue weighted by Crippen LogP contribution is -2.21. The van der Waals surface area contributed by atoms with Gasteiger partial charge >= 0.3 is 5.97 Å². The van der Waals surface area contributed by atoms with Crippen molar-refractivity contribution in [2.24, 2.45) is 5.73 Å². The number of nitrogens with two attached hydrogens (primary N) is 1. The van der Waals surface area contributed by atoms with Gasteiger partial charge in [0.15, 0.2) is 11.5 Å². The molecule has 0 aromatic heterocycles. The molecule has 11 heteroatoms. The summed E-state index contributed by atoms with van der Waals surface area (Å²) in [4.78, 5) is 12.8. The van der Waals surface area contributed by atoms with Crippen molar-refractivity contribution in [3.8, 4) is 34.8 Å². The summed E-state index contributed by atoms with van der Waals surface area (Å²) in [7, 11) is 3.00. The van der Waals surface area contributed by atoms with Gasteiger partial charge in [0.1, 0.15) is 35.5 Å². The molecule has 0 bridgehead atoms. The van der Waals surface area contributed by atoms with Crippen LogP contribution in [0, 0.1) is 11.3 Å². The van der Waals surface area contributed by atoms with Gasteiger partial charge in [-0.1, -0.05) is 53.0 Å². The summed E-state index contributed by atoms with van der Waals surface area (Å²) in [5.74, 6) is 0.606. The molecular formula is C32H23Cl3N2O6. The molecule has 8 nitrogen and oxygen atoms in total. The third kappa shape index (κ3) is 6.30. The predicted molar refractivity (Wildman–Crippen MR) is 162 cm³/mol. The molecule has 1 aliphatic rings. The number of rotatable bonds is 8. The number of carbonyl (C=O) groups is 1. The SMILES string of the molecule is COc1ccc(C(=O)Oc2ccc3c(c2)OC(N)=C(C#N)C3c2ccc(OCc3ccc(Cl)cc3Cl)c(OC)c2)cc1Cl. The molecule has 0 fully saturated rings. The molecule has 5 rings (SSSR count). The Hall–Kier alpha value is -4.55. The Kier molecular flexibility index (Phi) is 8.88. The second-order valence-corrected chi connectivity index (χ2v) is 10.5. The van der Waals surface area contributed by atoms with Crippen LogP contribution in [0.3, 0.4) is 0 Å². The summed E-state index contributed by atoms with van der Waals surface area (Å²) in [5.41, 5.74) is 8.73. The number of hydrogen-bond acceptors (Lipinski definition) is 8. The normalized spacial score (nSPS) is 13.8. The number of carbonyl (C=O) groups excluding carboxylic acids is 1. The van der Waals surface area contributed by atoms with Crippen molar-refractivity contribution < 1.29 is 28.5 Å². The Morgan fingerprint density at radius 2 is 1.67 bits per heavy atom. The second-order valence-electron chi connectivity index (χ2n) is 9.30. The molecular weight excluding hydrogens is 615 g/mol. The Labute approximate surface area is 262 Å². The lowest BCUT2D eigenvalue weighted by Gasteiger charge is -2.27. The van der Waals surface area contributed by atoms with Gasteiger partial charge in [-0.25, -0.2) is 4.79 Å². The van der Waals surface area contributed by atoms with Crippen molar-refractivity contribution in [2.75, 3.05) is 14.2 Å². The van der Waals surface area contributed by atoms with Crippen molar-refractivity contribution in [2.45, 2.75) is 12.5 Å². The van der Waals surface area contributed by atoms with Crippen molar-refractivity contribution in [1.29, 1.82) is 5.26 Å². The lowest BCUT2D eigenvalue weighted by molar-refractivity contribution is 0.0734. The van der Waals surface area contributed by atoms with E-state index in [-0.39, 0.29) is 34.4 Å². The Balaban J connectivity index is 1.42. The van der Waals surface area contributed by atoms with Gasteiger partial charge in [0.05, 0.1) is 30.7 Å². The molecule has 0 amide bonds. The Bertz CT molecular complexity index is 1800. The van der Waals surface area contributed by atoms with E-state index in [0.29, 0.717) is 44.2 Å². The van der Waals surface area contributed by atoms with Crippen molar-refractivity contribution in [1.82, 2.24) is 0 Å². The fourth-order valence-electron chi connectivity index (χ4n) is 4.58. The van der Waals surface area contributed by atoms with Crippen LogP contribution in [0.15, 0.2) is 84.3 Å². The maximum absolute atomic E-state index is 12.8.